The molecule has 6 nitrogen and oxygen atoms in total. The number of carboxylic acids is 1. The molecule has 0 spiro atoms. The Hall–Kier alpha value is -2.89. The zero-order valence-electron chi connectivity index (χ0n) is 10.8. The summed E-state index contributed by atoms with van der Waals surface area (Å²) in [6.45, 7) is 1.70. The van der Waals surface area contributed by atoms with Crippen LogP contribution in [-0.4, -0.2) is 22.0 Å². The summed E-state index contributed by atoms with van der Waals surface area (Å²) < 4.78 is 0. The van der Waals surface area contributed by atoms with Crippen LogP contribution >= 0.6 is 0 Å². The first kappa shape index (κ1) is 13.5. The van der Waals surface area contributed by atoms with Gasteiger partial charge in [-0.05, 0) is 37.3 Å². The third-order valence-corrected chi connectivity index (χ3v) is 2.77. The van der Waals surface area contributed by atoms with Crippen LogP contribution in [0.5, 0.6) is 0 Å². The number of nitrogens with two attached hydrogens (primary N) is 1. The molecule has 20 heavy (non-hydrogen) atoms. The molecule has 1 aromatic heterocycles. The molecule has 1 amide bonds. The molecule has 0 aliphatic carbocycles. The van der Waals surface area contributed by atoms with Crippen molar-refractivity contribution in [3.63, 3.8) is 0 Å². The lowest BCUT2D eigenvalue weighted by molar-refractivity contribution is 0.0698. The highest BCUT2D eigenvalue weighted by Crippen LogP contribution is 2.20. The predicted octanol–water partition coefficient (Wildman–Crippen LogP) is 1.92. The average molecular weight is 271 g/mol. The van der Waals surface area contributed by atoms with Gasteiger partial charge in [0.15, 0.2) is 0 Å². The minimum atomic E-state index is -1.16. The maximum atomic E-state index is 12.1. The first-order chi connectivity index (χ1) is 9.49. The monoisotopic (exact) mass is 271 g/mol. The molecule has 0 saturated carbocycles. The number of carbonyl (C=O) groups excluding carboxylic acids is 1. The Morgan fingerprint density at radius 3 is 2.65 bits per heavy atom. The van der Waals surface area contributed by atoms with Crippen molar-refractivity contribution in [2.45, 2.75) is 6.92 Å². The van der Waals surface area contributed by atoms with E-state index in [1.165, 1.54) is 18.2 Å². The van der Waals surface area contributed by atoms with E-state index in [1.54, 1.807) is 25.3 Å². The number of nitrogens with one attached hydrogen (secondary N) is 1. The first-order valence-electron chi connectivity index (χ1n) is 5.85. The Balaban J connectivity index is 2.33. The summed E-state index contributed by atoms with van der Waals surface area (Å²) in [6.07, 6.45) is 1.58. The zero-order chi connectivity index (χ0) is 14.7. The van der Waals surface area contributed by atoms with E-state index in [0.29, 0.717) is 16.9 Å². The predicted molar refractivity (Wildman–Crippen MR) is 74.7 cm³/mol. The maximum Gasteiger partial charge on any atom is 0.337 e. The van der Waals surface area contributed by atoms with E-state index in [0.717, 1.165) is 0 Å². The van der Waals surface area contributed by atoms with E-state index in [9.17, 15) is 9.59 Å². The minimum Gasteiger partial charge on any atom is -0.478 e. The van der Waals surface area contributed by atoms with Crippen molar-refractivity contribution in [2.75, 3.05) is 11.1 Å². The molecule has 1 heterocycles. The van der Waals surface area contributed by atoms with E-state index in [2.05, 4.69) is 10.3 Å². The summed E-state index contributed by atoms with van der Waals surface area (Å²) >= 11 is 0. The van der Waals surface area contributed by atoms with Gasteiger partial charge in [0.05, 0.1) is 16.8 Å². The number of aromatic carboxylic acids is 1. The number of anilines is 2. The van der Waals surface area contributed by atoms with Crippen LogP contribution in [0.25, 0.3) is 0 Å². The van der Waals surface area contributed by atoms with Gasteiger partial charge >= 0.3 is 5.97 Å². The number of aryl methyl sites for hydroxylation is 1. The summed E-state index contributed by atoms with van der Waals surface area (Å²) in [5.74, 6) is -1.57. The lowest BCUT2D eigenvalue weighted by atomic mass is 10.1. The van der Waals surface area contributed by atoms with Crippen molar-refractivity contribution in [3.8, 4) is 0 Å². The molecular formula is C14H13N3O3. The van der Waals surface area contributed by atoms with Gasteiger partial charge in [0.25, 0.3) is 5.91 Å². The number of amides is 1. The van der Waals surface area contributed by atoms with Crippen LogP contribution in [0.3, 0.4) is 0 Å². The Kier molecular flexibility index (Phi) is 3.65. The van der Waals surface area contributed by atoms with Gasteiger partial charge in [0.1, 0.15) is 0 Å². The van der Waals surface area contributed by atoms with Gasteiger partial charge in [0.2, 0.25) is 0 Å². The number of rotatable bonds is 3. The van der Waals surface area contributed by atoms with Gasteiger partial charge in [-0.15, -0.1) is 0 Å². The van der Waals surface area contributed by atoms with Gasteiger partial charge in [-0.1, -0.05) is 0 Å². The average Bonchev–Trinajstić information content (AvgIpc) is 2.41. The molecular weight excluding hydrogens is 258 g/mol. The van der Waals surface area contributed by atoms with Crippen LogP contribution in [-0.2, 0) is 0 Å². The number of pyridine rings is 1. The molecule has 4 N–H and O–H groups in total. The van der Waals surface area contributed by atoms with Crippen LogP contribution in [0.1, 0.15) is 26.4 Å². The summed E-state index contributed by atoms with van der Waals surface area (Å²) in [5, 5.41) is 11.7. The third kappa shape index (κ3) is 2.74. The SMILES string of the molecule is Cc1ncccc1C(=O)Nc1ccc(N)cc1C(=O)O. The summed E-state index contributed by atoms with van der Waals surface area (Å²) in [5.41, 5.74) is 6.96. The zero-order valence-corrected chi connectivity index (χ0v) is 10.8. The molecule has 1 aromatic carbocycles. The van der Waals surface area contributed by atoms with E-state index in [1.807, 2.05) is 0 Å². The fourth-order valence-electron chi connectivity index (χ4n) is 1.76. The van der Waals surface area contributed by atoms with Crippen molar-refractivity contribution < 1.29 is 14.7 Å². The summed E-state index contributed by atoms with van der Waals surface area (Å²) in [4.78, 5) is 27.3. The van der Waals surface area contributed by atoms with Crippen molar-refractivity contribution in [1.82, 2.24) is 4.98 Å². The van der Waals surface area contributed by atoms with Gasteiger partial charge < -0.3 is 16.2 Å². The molecule has 6 heteroatoms. The molecule has 2 rings (SSSR count). The number of benzene rings is 1. The molecule has 102 valence electrons. The number of hydrogen-bond donors (Lipinski definition) is 3. The Bertz CT molecular complexity index is 683. The lowest BCUT2D eigenvalue weighted by Crippen LogP contribution is -2.16. The van der Waals surface area contributed by atoms with Crippen LogP contribution in [0.4, 0.5) is 11.4 Å². The quantitative estimate of drug-likeness (QED) is 0.739. The van der Waals surface area contributed by atoms with E-state index in [-0.39, 0.29) is 11.3 Å². The fraction of sp³-hybridized carbons (Fsp3) is 0.0714. The van der Waals surface area contributed by atoms with Crippen molar-refractivity contribution in [1.29, 1.82) is 0 Å². The number of carbonyl (C=O) groups is 2. The van der Waals surface area contributed by atoms with E-state index >= 15 is 0 Å². The van der Waals surface area contributed by atoms with Crippen LogP contribution in [0.2, 0.25) is 0 Å². The van der Waals surface area contributed by atoms with Crippen molar-refractivity contribution in [2.24, 2.45) is 0 Å². The van der Waals surface area contributed by atoms with Gasteiger partial charge in [0, 0.05) is 17.6 Å². The molecule has 0 aliphatic rings. The topological polar surface area (TPSA) is 105 Å². The first-order valence-corrected chi connectivity index (χ1v) is 5.85. The Morgan fingerprint density at radius 1 is 1.25 bits per heavy atom. The molecule has 0 saturated heterocycles. The minimum absolute atomic E-state index is 0.0557. The maximum absolute atomic E-state index is 12.1. The number of hydrogen-bond acceptors (Lipinski definition) is 4. The molecule has 0 fully saturated rings. The normalized spacial score (nSPS) is 10.1. The summed E-state index contributed by atoms with van der Waals surface area (Å²) in [7, 11) is 0. The van der Waals surface area contributed by atoms with Crippen LogP contribution in [0, 0.1) is 6.92 Å². The number of nitrogen functional groups attached to an aromatic ring is 1. The molecule has 0 bridgehead atoms. The third-order valence-electron chi connectivity index (χ3n) is 2.77. The summed E-state index contributed by atoms with van der Waals surface area (Å²) in [6, 6.07) is 7.55. The fourth-order valence-corrected chi connectivity index (χ4v) is 1.76. The largest absolute Gasteiger partial charge is 0.478 e. The second kappa shape index (κ2) is 5.40. The van der Waals surface area contributed by atoms with E-state index < -0.39 is 11.9 Å². The highest BCUT2D eigenvalue weighted by atomic mass is 16.4. The van der Waals surface area contributed by atoms with Gasteiger partial charge in [-0.2, -0.15) is 0 Å². The second-order valence-corrected chi connectivity index (χ2v) is 4.20. The standard InChI is InChI=1S/C14H13N3O3/c1-8-10(3-2-6-16-8)13(18)17-12-5-4-9(15)7-11(12)14(19)20/h2-7H,15H2,1H3,(H,17,18)(H,19,20). The Morgan fingerprint density at radius 2 is 2.00 bits per heavy atom. The van der Waals surface area contributed by atoms with Gasteiger partial charge in [-0.25, -0.2) is 4.79 Å². The molecule has 2 aromatic rings. The smallest absolute Gasteiger partial charge is 0.337 e. The lowest BCUT2D eigenvalue weighted by Gasteiger charge is -2.10. The number of carboxylic acid groups (broad SMARTS) is 1. The number of nitrogens with zero attached hydrogens (tertiary/aromatic N) is 1. The Labute approximate surface area is 115 Å². The highest BCUT2D eigenvalue weighted by Gasteiger charge is 2.15. The van der Waals surface area contributed by atoms with E-state index in [4.69, 9.17) is 10.8 Å². The van der Waals surface area contributed by atoms with Gasteiger partial charge in [-0.3, -0.25) is 9.78 Å². The second-order valence-electron chi connectivity index (χ2n) is 4.20. The number of aromatic nitrogens is 1. The van der Waals surface area contributed by atoms with Crippen molar-refractivity contribution >= 4 is 23.3 Å². The molecule has 0 aliphatic heterocycles. The molecule has 0 radical (unpaired) electrons. The van der Waals surface area contributed by atoms with Crippen LogP contribution < -0.4 is 11.1 Å². The highest BCUT2D eigenvalue weighted by molar-refractivity contribution is 6.08. The molecule has 0 unspecified atom stereocenters. The molecule has 0 atom stereocenters. The van der Waals surface area contributed by atoms with Crippen molar-refractivity contribution in [3.05, 3.63) is 53.3 Å². The van der Waals surface area contributed by atoms with Crippen LogP contribution in [0.15, 0.2) is 36.5 Å².